The van der Waals surface area contributed by atoms with Gasteiger partial charge in [-0.1, -0.05) is 66.0 Å². The molecule has 8 rings (SSSR count). The summed E-state index contributed by atoms with van der Waals surface area (Å²) >= 11 is 13.0. The lowest BCUT2D eigenvalue weighted by Crippen LogP contribution is -2.22. The van der Waals surface area contributed by atoms with E-state index in [1.54, 1.807) is 72.8 Å². The maximum Gasteiger partial charge on any atom is 0.116 e. The summed E-state index contributed by atoms with van der Waals surface area (Å²) < 4.78 is 3.13. The molecule has 20 heteroatoms. The van der Waals surface area contributed by atoms with Gasteiger partial charge in [0.25, 0.3) is 0 Å². The smallest absolute Gasteiger partial charge is 0.116 e. The molecule has 0 unspecified atom stereocenters. The Bertz CT molecular complexity index is 2620. The van der Waals surface area contributed by atoms with Crippen LogP contribution >= 0.6 is 63.7 Å². The van der Waals surface area contributed by atoms with Crippen LogP contribution in [0.1, 0.15) is 42.0 Å². The van der Waals surface area contributed by atoms with E-state index in [1.165, 1.54) is 0 Å². The molecular weight excluding hydrogens is 944 g/mol. The number of hydrogen-bond acceptors (Lipinski definition) is 12. The van der Waals surface area contributed by atoms with Crippen molar-refractivity contribution in [3.8, 4) is 0 Å². The number of nitrogens with zero attached hydrogens (tertiary/aromatic N) is 4. The molecule has 0 amide bonds. The van der Waals surface area contributed by atoms with Gasteiger partial charge in [-0.2, -0.15) is 20.4 Å². The molecule has 4 heterocycles. The van der Waals surface area contributed by atoms with Gasteiger partial charge in [-0.3, -0.25) is 20.4 Å². The number of rotatable bonds is 4. The number of aromatic carboxylic acids is 4. The maximum atomic E-state index is 10.6. The van der Waals surface area contributed by atoms with Crippen LogP contribution < -0.4 is 20.4 Å². The van der Waals surface area contributed by atoms with Crippen molar-refractivity contribution in [3.63, 3.8) is 0 Å². The van der Waals surface area contributed by atoms with Gasteiger partial charge in [-0.05, 0) is 70.5 Å². The summed E-state index contributed by atoms with van der Waals surface area (Å²) in [7, 11) is 0. The summed E-state index contributed by atoms with van der Waals surface area (Å²) in [6, 6.07) is 20.9. The molecule has 4 aromatic carbocycles. The second-order valence-corrected chi connectivity index (χ2v) is 13.7. The third-order valence-corrected chi connectivity index (χ3v) is 9.20. The van der Waals surface area contributed by atoms with E-state index in [4.69, 9.17) is 0 Å². The Morgan fingerprint density at radius 3 is 1.71 bits per heavy atom. The Morgan fingerprint density at radius 2 is 1.04 bits per heavy atom. The first kappa shape index (κ1) is 37.8. The molecule has 4 aromatic heterocycles. The molecule has 264 valence electrons. The average molecular weight is 960 g/mol. The number of nitrogens with one attached hydrogen (secondary N) is 4. The Hall–Kier alpha value is -5.44. The lowest BCUT2D eigenvalue weighted by molar-refractivity contribution is -0.256. The first-order valence-electron chi connectivity index (χ1n) is 14.1. The zero-order chi connectivity index (χ0) is 37.7. The first-order chi connectivity index (χ1) is 24.8. The molecule has 0 aliphatic carbocycles. The molecule has 0 radical (unpaired) electrons. The second kappa shape index (κ2) is 16.3. The molecule has 52 heavy (non-hydrogen) atoms. The van der Waals surface area contributed by atoms with Crippen molar-refractivity contribution in [2.24, 2.45) is 0 Å². The minimum atomic E-state index is -1.28. The molecule has 0 fully saturated rings. The number of carboxylic acids is 4. The third kappa shape index (κ3) is 8.36. The molecule has 0 spiro atoms. The summed E-state index contributed by atoms with van der Waals surface area (Å²) in [6.45, 7) is 0. The topological polar surface area (TPSA) is 275 Å². The van der Waals surface area contributed by atoms with E-state index in [9.17, 15) is 39.6 Å². The lowest BCUT2D eigenvalue weighted by atomic mass is 10.2. The van der Waals surface area contributed by atoms with Crippen LogP contribution in [0, 0.1) is 0 Å². The Balaban J connectivity index is 0.000000134. The molecule has 4 N–H and O–H groups in total. The Morgan fingerprint density at radius 1 is 0.481 bits per heavy atom. The van der Waals surface area contributed by atoms with Crippen molar-refractivity contribution in [2.75, 3.05) is 0 Å². The van der Waals surface area contributed by atoms with E-state index in [0.717, 1.165) is 13.4 Å². The minimum absolute atomic E-state index is 0.0105. The minimum Gasteiger partial charge on any atom is -0.543 e. The van der Waals surface area contributed by atoms with Crippen molar-refractivity contribution in [2.45, 2.75) is 0 Å². The highest BCUT2D eigenvalue weighted by molar-refractivity contribution is 9.11. The fourth-order valence-corrected chi connectivity index (χ4v) is 6.36. The molecule has 0 aliphatic heterocycles. The SMILES string of the molecule is O=C([O-])c1[nH]nc2c(Br)cccc12.O=C([O-])c1n[nH]c2cc(Br)ccc12.O=C([O-])c1n[nH]c2ccc(Br)cc12.O=C([O-])c1n[nH]c2cccc(Br)c12. The second-order valence-electron chi connectivity index (χ2n) is 10.1. The van der Waals surface area contributed by atoms with Crippen LogP contribution in [-0.2, 0) is 0 Å². The van der Waals surface area contributed by atoms with Crippen molar-refractivity contribution in [1.29, 1.82) is 0 Å². The summed E-state index contributed by atoms with van der Waals surface area (Å²) in [5, 5.41) is 69.5. The normalized spacial score (nSPS) is 10.5. The number of hydrogen-bond donors (Lipinski definition) is 4. The lowest BCUT2D eigenvalue weighted by Gasteiger charge is -1.98. The van der Waals surface area contributed by atoms with E-state index in [0.29, 0.717) is 48.1 Å². The number of fused-ring (bicyclic) bond motifs is 4. The van der Waals surface area contributed by atoms with Crippen LogP contribution in [0.2, 0.25) is 0 Å². The standard InChI is InChI=1S/4C8H5BrN2O2/c9-4-1-2-6-5(3-4)7(8(12)13)11-10-6;9-4-1-2-5-6(3-4)10-11-7(5)8(12)13;9-4-2-1-3-5-6(4)7(8(12)13)11-10-5;9-5-3-1-2-4-6(5)10-11-7(4)8(12)13/h4*1-3H,(H,10,11)(H,12,13)/p-4. The highest BCUT2D eigenvalue weighted by Gasteiger charge is 2.10. The van der Waals surface area contributed by atoms with Gasteiger partial charge in [0, 0.05) is 39.4 Å². The van der Waals surface area contributed by atoms with E-state index in [2.05, 4.69) is 105 Å². The van der Waals surface area contributed by atoms with Crippen LogP contribution in [0.15, 0.2) is 90.7 Å². The predicted molar refractivity (Wildman–Crippen MR) is 192 cm³/mol. The van der Waals surface area contributed by atoms with Crippen molar-refractivity contribution >= 4 is 131 Å². The number of benzene rings is 4. The fourth-order valence-electron chi connectivity index (χ4n) is 4.63. The van der Waals surface area contributed by atoms with Gasteiger partial charge in [0.15, 0.2) is 0 Å². The molecule has 8 aromatic rings. The number of H-pyrrole nitrogens is 4. The van der Waals surface area contributed by atoms with E-state index in [-0.39, 0.29) is 22.8 Å². The van der Waals surface area contributed by atoms with Gasteiger partial charge in [0.2, 0.25) is 0 Å². The molecule has 16 nitrogen and oxygen atoms in total. The number of para-hydroxylation sites is 1. The van der Waals surface area contributed by atoms with Gasteiger partial charge >= 0.3 is 0 Å². The number of carbonyl (C=O) groups is 4. The molecule has 0 atom stereocenters. The Labute approximate surface area is 323 Å². The zero-order valence-corrected chi connectivity index (χ0v) is 31.8. The number of aromatic nitrogens is 8. The zero-order valence-electron chi connectivity index (χ0n) is 25.5. The van der Waals surface area contributed by atoms with Crippen molar-refractivity contribution in [3.05, 3.63) is 113 Å². The monoisotopic (exact) mass is 956 g/mol. The third-order valence-electron chi connectivity index (χ3n) is 6.91. The van der Waals surface area contributed by atoms with E-state index >= 15 is 0 Å². The molecule has 0 saturated heterocycles. The summed E-state index contributed by atoms with van der Waals surface area (Å²) in [4.78, 5) is 42.3. The molecular formula is C32H16Br4N8O8-4. The van der Waals surface area contributed by atoms with Crippen LogP contribution in [0.5, 0.6) is 0 Å². The average Bonchev–Trinajstić information content (AvgIpc) is 3.90. The number of carbonyl (C=O) groups excluding carboxylic acids is 4. The van der Waals surface area contributed by atoms with Gasteiger partial charge in [-0.25, -0.2) is 0 Å². The molecule has 0 aliphatic rings. The van der Waals surface area contributed by atoms with Crippen LogP contribution in [-0.4, -0.2) is 64.7 Å². The van der Waals surface area contributed by atoms with E-state index < -0.39 is 23.9 Å². The molecule has 0 bridgehead atoms. The van der Waals surface area contributed by atoms with Crippen LogP contribution in [0.4, 0.5) is 0 Å². The summed E-state index contributed by atoms with van der Waals surface area (Å²) in [6.07, 6.45) is 0. The van der Waals surface area contributed by atoms with Gasteiger partial charge in [-0.15, -0.1) is 0 Å². The number of carboxylic acid groups (broad SMARTS) is 4. The maximum absolute atomic E-state index is 10.6. The number of aromatic amines is 4. The van der Waals surface area contributed by atoms with Gasteiger partial charge in [0.1, 0.15) is 22.6 Å². The summed E-state index contributed by atoms with van der Waals surface area (Å²) in [5.74, 6) is -5.07. The summed E-state index contributed by atoms with van der Waals surface area (Å²) in [5.41, 5.74) is 2.46. The molecule has 0 saturated carbocycles. The highest BCUT2D eigenvalue weighted by atomic mass is 79.9. The van der Waals surface area contributed by atoms with Gasteiger partial charge < -0.3 is 39.6 Å². The fraction of sp³-hybridized carbons (Fsp3) is 0. The predicted octanol–water partition coefficient (Wildman–Crippen LogP) is 2.76. The van der Waals surface area contributed by atoms with Crippen LogP contribution in [0.3, 0.4) is 0 Å². The van der Waals surface area contributed by atoms with E-state index in [1.807, 2.05) is 0 Å². The van der Waals surface area contributed by atoms with Crippen molar-refractivity contribution < 1.29 is 39.6 Å². The largest absolute Gasteiger partial charge is 0.543 e. The highest BCUT2D eigenvalue weighted by Crippen LogP contribution is 2.26. The van der Waals surface area contributed by atoms with Crippen LogP contribution in [0.25, 0.3) is 43.6 Å². The van der Waals surface area contributed by atoms with Gasteiger partial charge in [0.05, 0.1) is 46.1 Å². The van der Waals surface area contributed by atoms with Crippen molar-refractivity contribution in [1.82, 2.24) is 40.8 Å². The number of halogens is 4. The first-order valence-corrected chi connectivity index (χ1v) is 17.3. The quantitative estimate of drug-likeness (QED) is 0.198. The Kier molecular flexibility index (Phi) is 11.8.